The Morgan fingerprint density at radius 3 is 2.38 bits per heavy atom. The third kappa shape index (κ3) is 4.84. The molecule has 3 heterocycles. The highest BCUT2D eigenvalue weighted by atomic mass is 79.9. The molecule has 0 spiro atoms. The number of sulfonamides is 1. The topological polar surface area (TPSA) is 85.8 Å². The molecule has 0 unspecified atom stereocenters. The average Bonchev–Trinajstić information content (AvgIpc) is 2.68. The normalized spacial score (nSPS) is 21.7. The fraction of sp³-hybridized carbons (Fsp3) is 0.700. The van der Waals surface area contributed by atoms with Gasteiger partial charge >= 0.3 is 5.97 Å². The molecule has 0 atom stereocenters. The van der Waals surface area contributed by atoms with Gasteiger partial charge in [-0.05, 0) is 61.7 Å². The van der Waals surface area contributed by atoms with E-state index in [0.717, 1.165) is 10.2 Å². The lowest BCUT2D eigenvalue weighted by Crippen LogP contribution is -2.58. The van der Waals surface area contributed by atoms with Crippen LogP contribution in [0, 0.1) is 0 Å². The third-order valence-corrected chi connectivity index (χ3v) is 8.60. The number of hydrogen-bond acceptors (Lipinski definition) is 6. The van der Waals surface area contributed by atoms with E-state index in [4.69, 9.17) is 9.47 Å². The number of aromatic nitrogens is 1. The predicted octanol–water partition coefficient (Wildman–Crippen LogP) is 3.24. The Hall–Kier alpha value is -1.03. The molecular formula is C20H29BrN2O5S. The fourth-order valence-electron chi connectivity index (χ4n) is 3.91. The van der Waals surface area contributed by atoms with Gasteiger partial charge in [-0.3, -0.25) is 9.78 Å². The van der Waals surface area contributed by atoms with E-state index >= 15 is 0 Å². The van der Waals surface area contributed by atoms with Gasteiger partial charge < -0.3 is 9.47 Å². The van der Waals surface area contributed by atoms with Crippen molar-refractivity contribution < 1.29 is 22.7 Å². The summed E-state index contributed by atoms with van der Waals surface area (Å²) in [5, 5.41) is 0. The maximum Gasteiger partial charge on any atom is 0.329 e. The Kier molecular flexibility index (Phi) is 6.72. The minimum atomic E-state index is -3.88. The highest BCUT2D eigenvalue weighted by Crippen LogP contribution is 2.38. The molecule has 9 heteroatoms. The van der Waals surface area contributed by atoms with Gasteiger partial charge in [0.15, 0.2) is 4.75 Å². The summed E-state index contributed by atoms with van der Waals surface area (Å²) in [6.07, 6.45) is 3.36. The maximum atomic E-state index is 13.6. The molecule has 2 aliphatic rings. The highest BCUT2D eigenvalue weighted by molar-refractivity contribution is 9.10. The fourth-order valence-corrected chi connectivity index (χ4v) is 6.26. The molecule has 0 saturated carbocycles. The molecule has 29 heavy (non-hydrogen) atoms. The first-order chi connectivity index (χ1) is 13.6. The summed E-state index contributed by atoms with van der Waals surface area (Å²) in [4.78, 5) is 17.5. The Labute approximate surface area is 181 Å². The lowest BCUT2D eigenvalue weighted by molar-refractivity contribution is -0.161. The van der Waals surface area contributed by atoms with Crippen molar-refractivity contribution >= 4 is 31.9 Å². The largest absolute Gasteiger partial charge is 0.459 e. The number of rotatable bonds is 4. The lowest BCUT2D eigenvalue weighted by atomic mass is 9.94. The summed E-state index contributed by atoms with van der Waals surface area (Å²) < 4.78 is 39.0. The second-order valence-electron chi connectivity index (χ2n) is 8.69. The van der Waals surface area contributed by atoms with Crippen molar-refractivity contribution in [3.63, 3.8) is 0 Å². The number of esters is 1. The first-order valence-electron chi connectivity index (χ1n) is 9.97. The SMILES string of the molecule is CC(C)(C)OC(=O)C1(S(=O)(=O)N2CCC(c3ccc(Br)cn3)CC2)CCOCC1. The first kappa shape index (κ1) is 22.7. The van der Waals surface area contributed by atoms with Crippen LogP contribution in [0.2, 0.25) is 0 Å². The van der Waals surface area contributed by atoms with Crippen LogP contribution < -0.4 is 0 Å². The predicted molar refractivity (Wildman–Crippen MR) is 113 cm³/mol. The summed E-state index contributed by atoms with van der Waals surface area (Å²) in [5.74, 6) is -0.452. The van der Waals surface area contributed by atoms with E-state index in [1.54, 1.807) is 27.0 Å². The van der Waals surface area contributed by atoms with E-state index in [1.165, 1.54) is 4.31 Å². The van der Waals surface area contributed by atoms with Crippen LogP contribution in [0.5, 0.6) is 0 Å². The highest BCUT2D eigenvalue weighted by Gasteiger charge is 2.56. The molecule has 0 bridgehead atoms. The molecule has 2 fully saturated rings. The molecule has 0 radical (unpaired) electrons. The number of carbonyl (C=O) groups is 1. The quantitative estimate of drug-likeness (QED) is 0.604. The van der Waals surface area contributed by atoms with Crippen molar-refractivity contribution in [3.8, 4) is 0 Å². The molecule has 0 aliphatic carbocycles. The number of halogens is 1. The number of carbonyl (C=O) groups excluding carboxylic acids is 1. The van der Waals surface area contributed by atoms with Crippen LogP contribution in [0.15, 0.2) is 22.8 Å². The number of pyridine rings is 1. The minimum Gasteiger partial charge on any atom is -0.459 e. The van der Waals surface area contributed by atoms with E-state index < -0.39 is 26.3 Å². The summed E-state index contributed by atoms with van der Waals surface area (Å²) >= 11 is 3.39. The van der Waals surface area contributed by atoms with Crippen LogP contribution in [0.25, 0.3) is 0 Å². The lowest BCUT2D eigenvalue weighted by Gasteiger charge is -2.41. The molecule has 1 aromatic rings. The minimum absolute atomic E-state index is 0.123. The maximum absolute atomic E-state index is 13.6. The Morgan fingerprint density at radius 2 is 1.86 bits per heavy atom. The Bertz CT molecular complexity index is 821. The van der Waals surface area contributed by atoms with E-state index in [9.17, 15) is 13.2 Å². The molecule has 3 rings (SSSR count). The second kappa shape index (κ2) is 8.61. The van der Waals surface area contributed by atoms with Crippen LogP contribution in [-0.2, 0) is 24.3 Å². The van der Waals surface area contributed by atoms with E-state index in [-0.39, 0.29) is 32.0 Å². The summed E-state index contributed by atoms with van der Waals surface area (Å²) in [7, 11) is -3.88. The van der Waals surface area contributed by atoms with Crippen LogP contribution in [0.1, 0.15) is 58.1 Å². The van der Waals surface area contributed by atoms with Gasteiger partial charge in [0, 0.05) is 61.4 Å². The van der Waals surface area contributed by atoms with Gasteiger partial charge in [-0.2, -0.15) is 0 Å². The van der Waals surface area contributed by atoms with Gasteiger partial charge in [0.2, 0.25) is 10.0 Å². The van der Waals surface area contributed by atoms with Gasteiger partial charge in [0.05, 0.1) is 0 Å². The van der Waals surface area contributed by atoms with E-state index in [0.29, 0.717) is 25.9 Å². The van der Waals surface area contributed by atoms with Crippen molar-refractivity contribution in [1.82, 2.24) is 9.29 Å². The standard InChI is InChI=1S/C20H29BrN2O5S/c1-19(2,3)28-18(24)20(8-12-27-13-9-20)29(25,26)23-10-6-15(7-11-23)17-5-4-16(21)14-22-17/h4-5,14-15H,6-13H2,1-3H3. The molecule has 7 nitrogen and oxygen atoms in total. The molecule has 1 aromatic heterocycles. The smallest absolute Gasteiger partial charge is 0.329 e. The number of piperidine rings is 1. The monoisotopic (exact) mass is 488 g/mol. The zero-order chi connectivity index (χ0) is 21.3. The number of hydrogen-bond donors (Lipinski definition) is 0. The van der Waals surface area contributed by atoms with Gasteiger partial charge in [-0.25, -0.2) is 12.7 Å². The zero-order valence-electron chi connectivity index (χ0n) is 17.2. The molecule has 2 saturated heterocycles. The zero-order valence-corrected chi connectivity index (χ0v) is 19.6. The van der Waals surface area contributed by atoms with Crippen LogP contribution in [0.3, 0.4) is 0 Å². The third-order valence-electron chi connectivity index (χ3n) is 5.53. The van der Waals surface area contributed by atoms with Crippen molar-refractivity contribution in [2.75, 3.05) is 26.3 Å². The van der Waals surface area contributed by atoms with Crippen molar-refractivity contribution in [2.45, 2.75) is 62.7 Å². The number of ether oxygens (including phenoxy) is 2. The van der Waals surface area contributed by atoms with Gasteiger partial charge in [0.25, 0.3) is 0 Å². The molecule has 2 aliphatic heterocycles. The van der Waals surface area contributed by atoms with Crippen LogP contribution in [0.4, 0.5) is 0 Å². The summed E-state index contributed by atoms with van der Waals surface area (Å²) in [6, 6.07) is 3.92. The van der Waals surface area contributed by atoms with Crippen LogP contribution in [-0.4, -0.2) is 60.3 Å². The van der Waals surface area contributed by atoms with Crippen molar-refractivity contribution in [2.24, 2.45) is 0 Å². The summed E-state index contributed by atoms with van der Waals surface area (Å²) in [5.41, 5.74) is 0.219. The average molecular weight is 489 g/mol. The first-order valence-corrected chi connectivity index (χ1v) is 12.2. The van der Waals surface area contributed by atoms with E-state index in [1.807, 2.05) is 12.1 Å². The molecule has 0 N–H and O–H groups in total. The van der Waals surface area contributed by atoms with Gasteiger partial charge in [-0.1, -0.05) is 0 Å². The molecule has 0 amide bonds. The Morgan fingerprint density at radius 1 is 1.24 bits per heavy atom. The van der Waals surface area contributed by atoms with Gasteiger partial charge in [-0.15, -0.1) is 0 Å². The Balaban J connectivity index is 1.78. The van der Waals surface area contributed by atoms with Crippen LogP contribution >= 0.6 is 15.9 Å². The molecule has 0 aromatic carbocycles. The van der Waals surface area contributed by atoms with Crippen molar-refractivity contribution in [1.29, 1.82) is 0 Å². The van der Waals surface area contributed by atoms with Crippen molar-refractivity contribution in [3.05, 3.63) is 28.5 Å². The second-order valence-corrected chi connectivity index (χ2v) is 11.9. The van der Waals surface area contributed by atoms with E-state index in [2.05, 4.69) is 20.9 Å². The molecular weight excluding hydrogens is 460 g/mol. The summed E-state index contributed by atoms with van der Waals surface area (Å²) in [6.45, 7) is 6.46. The van der Waals surface area contributed by atoms with Gasteiger partial charge in [0.1, 0.15) is 5.60 Å². The molecule has 162 valence electrons. The number of nitrogens with zero attached hydrogens (tertiary/aromatic N) is 2.